The number of para-hydroxylation sites is 1. The quantitative estimate of drug-likeness (QED) is 0.708. The highest BCUT2D eigenvalue weighted by Crippen LogP contribution is 2.21. The largest absolute Gasteiger partial charge is 0.321 e. The fourth-order valence-corrected chi connectivity index (χ4v) is 2.64. The average Bonchev–Trinajstić information content (AvgIpc) is 2.95. The number of rotatable bonds is 4. The second-order valence-electron chi connectivity index (χ2n) is 4.99. The van der Waals surface area contributed by atoms with Crippen LogP contribution < -0.4 is 5.32 Å². The summed E-state index contributed by atoms with van der Waals surface area (Å²) in [5.41, 5.74) is 2.25. The highest BCUT2D eigenvalue weighted by Gasteiger charge is 2.08. The molecule has 1 aromatic heterocycles. The molecule has 0 radical (unpaired) electrons. The van der Waals surface area contributed by atoms with Crippen molar-refractivity contribution in [2.75, 3.05) is 5.32 Å². The zero-order valence-corrected chi connectivity index (χ0v) is 14.4. The van der Waals surface area contributed by atoms with Crippen molar-refractivity contribution in [3.8, 4) is 0 Å². The van der Waals surface area contributed by atoms with Gasteiger partial charge in [0.15, 0.2) is 0 Å². The Kier molecular flexibility index (Phi) is 4.79. The van der Waals surface area contributed by atoms with Gasteiger partial charge >= 0.3 is 0 Å². The average molecular weight is 391 g/mol. The van der Waals surface area contributed by atoms with E-state index in [1.807, 2.05) is 35.1 Å². The molecule has 0 unspecified atom stereocenters. The lowest BCUT2D eigenvalue weighted by Gasteiger charge is -2.08. The number of nitrogens with one attached hydrogen (secondary N) is 1. The fraction of sp³-hybridized carbons (Fsp3) is 0.0588. The van der Waals surface area contributed by atoms with Crippen LogP contribution in [0.25, 0.3) is 0 Å². The second-order valence-corrected chi connectivity index (χ2v) is 6.31. The normalized spacial score (nSPS) is 10.5. The molecule has 1 heterocycles. The number of carbonyl (C=O) groups is 1. The van der Waals surface area contributed by atoms with Crippen molar-refractivity contribution in [2.24, 2.45) is 0 Å². The van der Waals surface area contributed by atoms with Crippen molar-refractivity contribution in [3.63, 3.8) is 0 Å². The number of hydrogen-bond donors (Lipinski definition) is 1. The molecule has 0 aliphatic rings. The topological polar surface area (TPSA) is 46.9 Å². The Morgan fingerprint density at radius 3 is 2.57 bits per heavy atom. The van der Waals surface area contributed by atoms with Crippen molar-refractivity contribution in [1.82, 2.24) is 9.78 Å². The molecule has 2 aromatic carbocycles. The van der Waals surface area contributed by atoms with Gasteiger partial charge in [0.05, 0.1) is 27.9 Å². The summed E-state index contributed by atoms with van der Waals surface area (Å²) in [4.78, 5) is 12.2. The van der Waals surface area contributed by atoms with Gasteiger partial charge in [-0.1, -0.05) is 35.9 Å². The van der Waals surface area contributed by atoms with E-state index >= 15 is 0 Å². The van der Waals surface area contributed by atoms with Gasteiger partial charge in [0.2, 0.25) is 0 Å². The molecular weight excluding hydrogens is 378 g/mol. The highest BCUT2D eigenvalue weighted by molar-refractivity contribution is 9.10. The summed E-state index contributed by atoms with van der Waals surface area (Å²) in [6.07, 6.45) is 3.64. The Morgan fingerprint density at radius 1 is 1.17 bits per heavy atom. The van der Waals surface area contributed by atoms with Crippen molar-refractivity contribution in [1.29, 1.82) is 0 Å². The van der Waals surface area contributed by atoms with E-state index in [1.54, 1.807) is 30.5 Å². The molecule has 0 aliphatic carbocycles. The van der Waals surface area contributed by atoms with E-state index in [0.29, 0.717) is 22.8 Å². The van der Waals surface area contributed by atoms with Crippen LogP contribution in [0.5, 0.6) is 0 Å². The third-order valence-corrected chi connectivity index (χ3v) is 4.02. The number of halogens is 2. The summed E-state index contributed by atoms with van der Waals surface area (Å²) in [5, 5.41) is 7.53. The van der Waals surface area contributed by atoms with Crippen LogP contribution in [0.4, 0.5) is 5.69 Å². The maximum absolute atomic E-state index is 12.2. The Balaban J connectivity index is 1.69. The van der Waals surface area contributed by atoms with Crippen LogP contribution in [0.15, 0.2) is 65.4 Å². The molecule has 3 rings (SSSR count). The number of benzene rings is 2. The number of carbonyl (C=O) groups excluding carboxylic acids is 1. The number of nitrogens with zero attached hydrogens (tertiary/aromatic N) is 2. The van der Waals surface area contributed by atoms with Crippen LogP contribution in [0.2, 0.25) is 5.02 Å². The summed E-state index contributed by atoms with van der Waals surface area (Å²) in [7, 11) is 0. The summed E-state index contributed by atoms with van der Waals surface area (Å²) in [6.45, 7) is 0.651. The van der Waals surface area contributed by atoms with E-state index in [-0.39, 0.29) is 5.91 Å². The summed E-state index contributed by atoms with van der Waals surface area (Å²) in [6, 6.07) is 14.6. The Bertz CT molecular complexity index is 830. The molecule has 23 heavy (non-hydrogen) atoms. The highest BCUT2D eigenvalue weighted by atomic mass is 79.9. The van der Waals surface area contributed by atoms with Crippen molar-refractivity contribution >= 4 is 39.1 Å². The van der Waals surface area contributed by atoms with Crippen LogP contribution in [-0.4, -0.2) is 15.7 Å². The first-order valence-corrected chi connectivity index (χ1v) is 8.12. The van der Waals surface area contributed by atoms with Gasteiger partial charge in [-0.3, -0.25) is 9.48 Å². The zero-order valence-electron chi connectivity index (χ0n) is 12.0. The van der Waals surface area contributed by atoms with Gasteiger partial charge in [0.25, 0.3) is 5.91 Å². The summed E-state index contributed by atoms with van der Waals surface area (Å²) in [5.74, 6) is -0.188. The monoisotopic (exact) mass is 389 g/mol. The van der Waals surface area contributed by atoms with Crippen LogP contribution in [0.1, 0.15) is 15.9 Å². The van der Waals surface area contributed by atoms with E-state index in [4.69, 9.17) is 11.6 Å². The molecule has 0 spiro atoms. The first-order chi connectivity index (χ1) is 11.1. The Morgan fingerprint density at radius 2 is 1.91 bits per heavy atom. The second kappa shape index (κ2) is 6.98. The van der Waals surface area contributed by atoms with Crippen molar-refractivity contribution in [3.05, 3.63) is 81.5 Å². The number of anilines is 1. The predicted octanol–water partition coefficient (Wildman–Crippen LogP) is 4.60. The third kappa shape index (κ3) is 4.00. The van der Waals surface area contributed by atoms with Gasteiger partial charge < -0.3 is 5.32 Å². The van der Waals surface area contributed by atoms with Crippen LogP contribution in [-0.2, 0) is 6.54 Å². The first kappa shape index (κ1) is 15.8. The van der Waals surface area contributed by atoms with E-state index in [0.717, 1.165) is 10.0 Å². The fourth-order valence-electron chi connectivity index (χ4n) is 2.13. The molecule has 0 atom stereocenters. The number of aromatic nitrogens is 2. The van der Waals surface area contributed by atoms with Crippen LogP contribution in [0, 0.1) is 0 Å². The van der Waals surface area contributed by atoms with Gasteiger partial charge in [-0.2, -0.15) is 5.10 Å². The maximum Gasteiger partial charge on any atom is 0.255 e. The number of amides is 1. The molecule has 4 nitrogen and oxygen atoms in total. The molecule has 0 saturated carbocycles. The molecule has 1 amide bonds. The molecule has 1 N–H and O–H groups in total. The lowest BCUT2D eigenvalue weighted by molar-refractivity contribution is 0.102. The van der Waals surface area contributed by atoms with Crippen LogP contribution >= 0.6 is 27.5 Å². The standard InChI is InChI=1S/C17H13BrClN3O/c18-14-9-20-22(11-14)10-12-5-7-13(8-6-12)17(23)21-16-4-2-1-3-15(16)19/h1-9,11H,10H2,(H,21,23). The minimum atomic E-state index is -0.188. The molecule has 0 saturated heterocycles. The third-order valence-electron chi connectivity index (χ3n) is 3.28. The lowest BCUT2D eigenvalue weighted by Crippen LogP contribution is -2.12. The molecule has 0 fully saturated rings. The Labute approximate surface area is 147 Å². The van der Waals surface area contributed by atoms with Gasteiger partial charge in [0, 0.05) is 11.8 Å². The molecule has 6 heteroatoms. The van der Waals surface area contributed by atoms with Gasteiger partial charge in [-0.15, -0.1) is 0 Å². The van der Waals surface area contributed by atoms with Crippen molar-refractivity contribution < 1.29 is 4.79 Å². The van der Waals surface area contributed by atoms with E-state index in [1.165, 1.54) is 0 Å². The summed E-state index contributed by atoms with van der Waals surface area (Å²) < 4.78 is 2.76. The van der Waals surface area contributed by atoms with E-state index in [9.17, 15) is 4.79 Å². The van der Waals surface area contributed by atoms with Gasteiger partial charge in [-0.25, -0.2) is 0 Å². The molecule has 116 valence electrons. The minimum Gasteiger partial charge on any atom is -0.321 e. The van der Waals surface area contributed by atoms with Gasteiger partial charge in [-0.05, 0) is 45.8 Å². The molecule has 0 aliphatic heterocycles. The number of hydrogen-bond acceptors (Lipinski definition) is 2. The van der Waals surface area contributed by atoms with E-state index < -0.39 is 0 Å². The molecular formula is C17H13BrClN3O. The SMILES string of the molecule is O=C(Nc1ccccc1Cl)c1ccc(Cn2cc(Br)cn2)cc1. The summed E-state index contributed by atoms with van der Waals surface area (Å²) >= 11 is 9.41. The molecule has 0 bridgehead atoms. The lowest BCUT2D eigenvalue weighted by atomic mass is 10.1. The van der Waals surface area contributed by atoms with Gasteiger partial charge in [0.1, 0.15) is 0 Å². The Hall–Kier alpha value is -2.11. The molecule has 3 aromatic rings. The maximum atomic E-state index is 12.2. The zero-order chi connectivity index (χ0) is 16.2. The van der Waals surface area contributed by atoms with Crippen LogP contribution in [0.3, 0.4) is 0 Å². The first-order valence-electron chi connectivity index (χ1n) is 6.94. The minimum absolute atomic E-state index is 0.188. The smallest absolute Gasteiger partial charge is 0.255 e. The van der Waals surface area contributed by atoms with E-state index in [2.05, 4.69) is 26.3 Å². The predicted molar refractivity (Wildman–Crippen MR) is 94.9 cm³/mol. The van der Waals surface area contributed by atoms with Crippen molar-refractivity contribution in [2.45, 2.75) is 6.54 Å².